The molecule has 0 radical (unpaired) electrons. The number of ether oxygens (including phenoxy) is 1. The summed E-state index contributed by atoms with van der Waals surface area (Å²) in [5.41, 5.74) is 3.25. The Kier molecular flexibility index (Phi) is 4.88. The third-order valence-electron chi connectivity index (χ3n) is 4.12. The predicted molar refractivity (Wildman–Crippen MR) is 98.4 cm³/mol. The molecule has 0 fully saturated rings. The number of hydrogen-bond donors (Lipinski definition) is 2. The quantitative estimate of drug-likeness (QED) is 0.893. The van der Waals surface area contributed by atoms with Crippen molar-refractivity contribution < 1.29 is 14.3 Å². The Morgan fingerprint density at radius 2 is 1.96 bits per heavy atom. The van der Waals surface area contributed by atoms with Crippen molar-refractivity contribution in [2.75, 3.05) is 29.2 Å². The first-order valence-corrected chi connectivity index (χ1v) is 8.28. The second kappa shape index (κ2) is 7.25. The van der Waals surface area contributed by atoms with Crippen LogP contribution in [0.25, 0.3) is 0 Å². The summed E-state index contributed by atoms with van der Waals surface area (Å²) in [7, 11) is 1.77. The standard InChI is InChI=1S/C19H21N3O3/c1-3-25-17-7-5-4-6-15(17)21-19(24)20-14-9-10-16-13(12-14)8-11-18(23)22(16)2/h4-7,9-10,12H,3,8,11H2,1-2H3,(H2,20,21,24). The van der Waals surface area contributed by atoms with Crippen molar-refractivity contribution in [3.63, 3.8) is 0 Å². The van der Waals surface area contributed by atoms with Crippen molar-refractivity contribution >= 4 is 29.0 Å². The molecule has 0 spiro atoms. The minimum Gasteiger partial charge on any atom is -0.492 e. The molecule has 0 saturated heterocycles. The molecule has 3 rings (SSSR count). The van der Waals surface area contributed by atoms with Crippen molar-refractivity contribution in [2.45, 2.75) is 19.8 Å². The molecule has 1 aliphatic rings. The first kappa shape index (κ1) is 16.8. The molecule has 25 heavy (non-hydrogen) atoms. The van der Waals surface area contributed by atoms with Gasteiger partial charge in [0.1, 0.15) is 5.75 Å². The zero-order chi connectivity index (χ0) is 17.8. The maximum absolute atomic E-state index is 12.3. The number of carbonyl (C=O) groups excluding carboxylic acids is 2. The van der Waals surface area contributed by atoms with E-state index in [9.17, 15) is 9.59 Å². The Bertz CT molecular complexity index is 804. The molecule has 1 heterocycles. The van der Waals surface area contributed by atoms with E-state index in [0.717, 1.165) is 11.3 Å². The lowest BCUT2D eigenvalue weighted by atomic mass is 10.0. The summed E-state index contributed by atoms with van der Waals surface area (Å²) < 4.78 is 5.50. The summed E-state index contributed by atoms with van der Waals surface area (Å²) in [6.07, 6.45) is 1.17. The Labute approximate surface area is 146 Å². The van der Waals surface area contributed by atoms with Crippen LogP contribution in [0.4, 0.5) is 21.9 Å². The smallest absolute Gasteiger partial charge is 0.323 e. The van der Waals surface area contributed by atoms with Crippen LogP contribution in [0.1, 0.15) is 18.9 Å². The van der Waals surface area contributed by atoms with Crippen molar-refractivity contribution in [3.05, 3.63) is 48.0 Å². The molecule has 0 saturated carbocycles. The van der Waals surface area contributed by atoms with Crippen molar-refractivity contribution in [1.82, 2.24) is 0 Å². The Balaban J connectivity index is 1.71. The number of nitrogens with one attached hydrogen (secondary N) is 2. The van der Waals surface area contributed by atoms with Crippen LogP contribution >= 0.6 is 0 Å². The fourth-order valence-corrected chi connectivity index (χ4v) is 2.87. The van der Waals surface area contributed by atoms with Crippen molar-refractivity contribution in [1.29, 1.82) is 0 Å². The normalized spacial score (nSPS) is 13.2. The number of fused-ring (bicyclic) bond motifs is 1. The number of nitrogens with zero attached hydrogens (tertiary/aromatic N) is 1. The number of para-hydroxylation sites is 2. The van der Waals surface area contributed by atoms with E-state index in [1.165, 1.54) is 0 Å². The molecule has 2 aromatic carbocycles. The van der Waals surface area contributed by atoms with E-state index in [1.807, 2.05) is 37.3 Å². The molecule has 6 heteroatoms. The number of benzene rings is 2. The van der Waals surface area contributed by atoms with Crippen molar-refractivity contribution in [2.24, 2.45) is 0 Å². The first-order chi connectivity index (χ1) is 12.1. The third-order valence-corrected chi connectivity index (χ3v) is 4.12. The predicted octanol–water partition coefficient (Wildman–Crippen LogP) is 3.64. The fourth-order valence-electron chi connectivity index (χ4n) is 2.87. The molecule has 0 bridgehead atoms. The van der Waals surface area contributed by atoms with Crippen LogP contribution in [0.2, 0.25) is 0 Å². The van der Waals surface area contributed by atoms with E-state index in [0.29, 0.717) is 36.6 Å². The number of amides is 3. The van der Waals surface area contributed by atoms with Gasteiger partial charge in [-0.25, -0.2) is 4.79 Å². The highest BCUT2D eigenvalue weighted by atomic mass is 16.5. The van der Waals surface area contributed by atoms with Crippen LogP contribution in [-0.2, 0) is 11.2 Å². The SMILES string of the molecule is CCOc1ccccc1NC(=O)Nc1ccc2c(c1)CCC(=O)N2C. The average molecular weight is 339 g/mol. The monoisotopic (exact) mass is 339 g/mol. The van der Waals surface area contributed by atoms with Gasteiger partial charge in [0, 0.05) is 24.8 Å². The Morgan fingerprint density at radius 3 is 2.76 bits per heavy atom. The van der Waals surface area contributed by atoms with Gasteiger partial charge in [-0.2, -0.15) is 0 Å². The second-order valence-corrected chi connectivity index (χ2v) is 5.80. The van der Waals surface area contributed by atoms with Crippen LogP contribution in [-0.4, -0.2) is 25.6 Å². The zero-order valence-corrected chi connectivity index (χ0v) is 14.3. The molecule has 1 aliphatic heterocycles. The van der Waals surface area contributed by atoms with Gasteiger partial charge in [-0.15, -0.1) is 0 Å². The largest absolute Gasteiger partial charge is 0.492 e. The van der Waals surface area contributed by atoms with Gasteiger partial charge in [0.15, 0.2) is 0 Å². The lowest BCUT2D eigenvalue weighted by Crippen LogP contribution is -2.31. The molecule has 130 valence electrons. The van der Waals surface area contributed by atoms with Gasteiger partial charge < -0.3 is 20.3 Å². The van der Waals surface area contributed by atoms with Gasteiger partial charge in [0.2, 0.25) is 5.91 Å². The van der Waals surface area contributed by atoms with Crippen LogP contribution in [0.3, 0.4) is 0 Å². The fraction of sp³-hybridized carbons (Fsp3) is 0.263. The molecule has 0 aromatic heterocycles. The minimum absolute atomic E-state index is 0.110. The summed E-state index contributed by atoms with van der Waals surface area (Å²) in [4.78, 5) is 25.7. The number of anilines is 3. The van der Waals surface area contributed by atoms with E-state index in [2.05, 4.69) is 10.6 Å². The molecule has 3 amide bonds. The summed E-state index contributed by atoms with van der Waals surface area (Å²) >= 11 is 0. The summed E-state index contributed by atoms with van der Waals surface area (Å²) in [6, 6.07) is 12.5. The highest BCUT2D eigenvalue weighted by Gasteiger charge is 2.21. The number of rotatable bonds is 4. The third kappa shape index (κ3) is 3.74. The Hall–Kier alpha value is -3.02. The maximum Gasteiger partial charge on any atom is 0.323 e. The molecule has 0 atom stereocenters. The van der Waals surface area contributed by atoms with E-state index in [4.69, 9.17) is 4.74 Å². The first-order valence-electron chi connectivity index (χ1n) is 8.28. The maximum atomic E-state index is 12.3. The van der Waals surface area contributed by atoms with Gasteiger partial charge >= 0.3 is 6.03 Å². The molecule has 6 nitrogen and oxygen atoms in total. The molecule has 0 unspecified atom stereocenters. The number of aryl methyl sites for hydroxylation is 1. The number of carbonyl (C=O) groups is 2. The molecule has 2 aromatic rings. The topological polar surface area (TPSA) is 70.7 Å². The van der Waals surface area contributed by atoms with Gasteiger partial charge in [-0.05, 0) is 49.2 Å². The molecule has 0 aliphatic carbocycles. The summed E-state index contributed by atoms with van der Waals surface area (Å²) in [5, 5.41) is 5.63. The minimum atomic E-state index is -0.340. The second-order valence-electron chi connectivity index (χ2n) is 5.80. The van der Waals surface area contributed by atoms with E-state index >= 15 is 0 Å². The lowest BCUT2D eigenvalue weighted by Gasteiger charge is -2.26. The van der Waals surface area contributed by atoms with Gasteiger partial charge in [0.25, 0.3) is 0 Å². The zero-order valence-electron chi connectivity index (χ0n) is 14.3. The van der Waals surface area contributed by atoms with Crippen LogP contribution in [0.5, 0.6) is 5.75 Å². The summed E-state index contributed by atoms with van der Waals surface area (Å²) in [5.74, 6) is 0.740. The summed E-state index contributed by atoms with van der Waals surface area (Å²) in [6.45, 7) is 2.42. The van der Waals surface area contributed by atoms with Crippen LogP contribution < -0.4 is 20.3 Å². The number of hydrogen-bond acceptors (Lipinski definition) is 3. The highest BCUT2D eigenvalue weighted by Crippen LogP contribution is 2.29. The molecular weight excluding hydrogens is 318 g/mol. The van der Waals surface area contributed by atoms with Crippen molar-refractivity contribution in [3.8, 4) is 5.75 Å². The van der Waals surface area contributed by atoms with E-state index < -0.39 is 0 Å². The highest BCUT2D eigenvalue weighted by molar-refractivity contribution is 6.01. The van der Waals surface area contributed by atoms with Crippen LogP contribution in [0, 0.1) is 0 Å². The van der Waals surface area contributed by atoms with Gasteiger partial charge in [-0.3, -0.25) is 4.79 Å². The van der Waals surface area contributed by atoms with E-state index in [1.54, 1.807) is 24.1 Å². The van der Waals surface area contributed by atoms with Gasteiger partial charge in [0.05, 0.1) is 12.3 Å². The molecule has 2 N–H and O–H groups in total. The Morgan fingerprint density at radius 1 is 1.16 bits per heavy atom. The van der Waals surface area contributed by atoms with E-state index in [-0.39, 0.29) is 11.9 Å². The lowest BCUT2D eigenvalue weighted by molar-refractivity contribution is -0.118. The number of urea groups is 1. The molecular formula is C19H21N3O3. The average Bonchev–Trinajstić information content (AvgIpc) is 2.60. The van der Waals surface area contributed by atoms with Gasteiger partial charge in [-0.1, -0.05) is 12.1 Å². The van der Waals surface area contributed by atoms with Crippen LogP contribution in [0.15, 0.2) is 42.5 Å².